The first-order valence-corrected chi connectivity index (χ1v) is 6.09. The molecule has 0 saturated heterocycles. The van der Waals surface area contributed by atoms with E-state index < -0.39 is 0 Å². The van der Waals surface area contributed by atoms with Crippen LogP contribution in [-0.2, 0) is 20.0 Å². The van der Waals surface area contributed by atoms with Gasteiger partial charge >= 0.3 is 0 Å². The predicted octanol–water partition coefficient (Wildman–Crippen LogP) is 2.12. The number of nitrogens with zero attached hydrogens (tertiary/aromatic N) is 2. The van der Waals surface area contributed by atoms with Gasteiger partial charge in [0.25, 0.3) is 0 Å². The predicted molar refractivity (Wildman–Crippen MR) is 72.5 cm³/mol. The van der Waals surface area contributed by atoms with Crippen molar-refractivity contribution in [2.75, 3.05) is 7.11 Å². The Labute approximate surface area is 107 Å². The lowest BCUT2D eigenvalue weighted by Crippen LogP contribution is -2.00. The Bertz CT molecular complexity index is 546. The van der Waals surface area contributed by atoms with Crippen molar-refractivity contribution in [3.63, 3.8) is 0 Å². The van der Waals surface area contributed by atoms with Crippen molar-refractivity contribution < 1.29 is 4.74 Å². The molecule has 0 aliphatic rings. The van der Waals surface area contributed by atoms with Crippen LogP contribution >= 0.6 is 0 Å². The van der Waals surface area contributed by atoms with Crippen LogP contribution in [-0.4, -0.2) is 16.9 Å². The van der Waals surface area contributed by atoms with Crippen molar-refractivity contribution in [3.8, 4) is 16.9 Å². The third-order valence-corrected chi connectivity index (χ3v) is 3.06. The van der Waals surface area contributed by atoms with Crippen molar-refractivity contribution in [1.29, 1.82) is 0 Å². The summed E-state index contributed by atoms with van der Waals surface area (Å²) in [5.41, 5.74) is 10.0. The second kappa shape index (κ2) is 5.23. The van der Waals surface area contributed by atoms with Gasteiger partial charge in [-0.05, 0) is 24.1 Å². The Balaban J connectivity index is 2.60. The molecule has 0 amide bonds. The Morgan fingerprint density at radius 1 is 1.33 bits per heavy atom. The first-order chi connectivity index (χ1) is 8.69. The van der Waals surface area contributed by atoms with Crippen molar-refractivity contribution in [1.82, 2.24) is 9.78 Å². The van der Waals surface area contributed by atoms with Gasteiger partial charge in [-0.1, -0.05) is 13.0 Å². The summed E-state index contributed by atoms with van der Waals surface area (Å²) in [5, 5.41) is 4.37. The fourth-order valence-electron chi connectivity index (χ4n) is 2.10. The van der Waals surface area contributed by atoms with Gasteiger partial charge in [0.2, 0.25) is 0 Å². The van der Waals surface area contributed by atoms with E-state index in [0.717, 1.165) is 29.0 Å². The number of aryl methyl sites for hydroxylation is 2. The second-order valence-electron chi connectivity index (χ2n) is 4.26. The van der Waals surface area contributed by atoms with Crippen LogP contribution < -0.4 is 10.5 Å². The topological polar surface area (TPSA) is 53.1 Å². The zero-order chi connectivity index (χ0) is 13.1. The van der Waals surface area contributed by atoms with Crippen LogP contribution in [0.15, 0.2) is 24.4 Å². The lowest BCUT2D eigenvalue weighted by Gasteiger charge is -2.10. The number of rotatable bonds is 4. The van der Waals surface area contributed by atoms with Crippen LogP contribution in [0.1, 0.15) is 18.2 Å². The summed E-state index contributed by atoms with van der Waals surface area (Å²) < 4.78 is 7.22. The van der Waals surface area contributed by atoms with Gasteiger partial charge in [0.05, 0.1) is 12.8 Å². The third-order valence-electron chi connectivity index (χ3n) is 3.06. The number of methoxy groups -OCH3 is 1. The van der Waals surface area contributed by atoms with Crippen LogP contribution in [0.25, 0.3) is 11.1 Å². The maximum absolute atomic E-state index is 5.75. The molecule has 18 heavy (non-hydrogen) atoms. The number of aromatic nitrogens is 2. The van der Waals surface area contributed by atoms with Gasteiger partial charge in [0.15, 0.2) is 0 Å². The average molecular weight is 245 g/mol. The molecule has 1 heterocycles. The Morgan fingerprint density at radius 3 is 2.72 bits per heavy atom. The summed E-state index contributed by atoms with van der Waals surface area (Å²) >= 11 is 0. The van der Waals surface area contributed by atoms with Crippen molar-refractivity contribution in [3.05, 3.63) is 35.7 Å². The molecule has 0 unspecified atom stereocenters. The van der Waals surface area contributed by atoms with Crippen LogP contribution in [0.3, 0.4) is 0 Å². The van der Waals surface area contributed by atoms with E-state index in [9.17, 15) is 0 Å². The van der Waals surface area contributed by atoms with Gasteiger partial charge < -0.3 is 10.5 Å². The van der Waals surface area contributed by atoms with Gasteiger partial charge in [-0.3, -0.25) is 4.68 Å². The van der Waals surface area contributed by atoms with Gasteiger partial charge in [0.1, 0.15) is 5.75 Å². The highest BCUT2D eigenvalue weighted by atomic mass is 16.5. The highest BCUT2D eigenvalue weighted by Gasteiger charge is 2.13. The lowest BCUT2D eigenvalue weighted by molar-refractivity contribution is 0.416. The number of hydrogen-bond donors (Lipinski definition) is 1. The first kappa shape index (κ1) is 12.6. The van der Waals surface area contributed by atoms with Crippen LogP contribution in [0.5, 0.6) is 5.75 Å². The summed E-state index contributed by atoms with van der Waals surface area (Å²) in [7, 11) is 3.59. The summed E-state index contributed by atoms with van der Waals surface area (Å²) in [6, 6.07) is 6.23. The average Bonchev–Trinajstić information content (AvgIpc) is 2.79. The molecule has 2 rings (SSSR count). The van der Waals surface area contributed by atoms with E-state index in [4.69, 9.17) is 10.5 Å². The minimum Gasteiger partial charge on any atom is -0.496 e. The summed E-state index contributed by atoms with van der Waals surface area (Å²) in [5.74, 6) is 0.856. The molecule has 0 saturated carbocycles. The maximum atomic E-state index is 5.75. The molecule has 0 spiro atoms. The highest BCUT2D eigenvalue weighted by Crippen LogP contribution is 2.32. The summed E-state index contributed by atoms with van der Waals surface area (Å²) in [6.45, 7) is 2.56. The van der Waals surface area contributed by atoms with E-state index >= 15 is 0 Å². The number of nitrogens with two attached hydrogens (primary N) is 1. The molecule has 2 aromatic rings. The number of ether oxygens (including phenoxy) is 1. The monoisotopic (exact) mass is 245 g/mol. The van der Waals surface area contributed by atoms with Crippen molar-refractivity contribution >= 4 is 0 Å². The van der Waals surface area contributed by atoms with E-state index in [-0.39, 0.29) is 0 Å². The van der Waals surface area contributed by atoms with E-state index in [1.165, 1.54) is 5.56 Å². The van der Waals surface area contributed by atoms with Gasteiger partial charge in [-0.15, -0.1) is 0 Å². The van der Waals surface area contributed by atoms with E-state index in [1.807, 2.05) is 19.3 Å². The normalized spacial score (nSPS) is 10.7. The van der Waals surface area contributed by atoms with E-state index in [0.29, 0.717) is 6.54 Å². The zero-order valence-electron chi connectivity index (χ0n) is 11.1. The van der Waals surface area contributed by atoms with Crippen LogP contribution in [0.2, 0.25) is 0 Å². The molecule has 0 fully saturated rings. The largest absolute Gasteiger partial charge is 0.496 e. The molecule has 96 valence electrons. The molecule has 0 radical (unpaired) electrons. The molecule has 0 atom stereocenters. The Morgan fingerprint density at radius 2 is 2.11 bits per heavy atom. The van der Waals surface area contributed by atoms with E-state index in [1.54, 1.807) is 11.8 Å². The molecular weight excluding hydrogens is 226 g/mol. The van der Waals surface area contributed by atoms with Crippen molar-refractivity contribution in [2.24, 2.45) is 12.8 Å². The van der Waals surface area contributed by atoms with Crippen LogP contribution in [0, 0.1) is 0 Å². The van der Waals surface area contributed by atoms with Gasteiger partial charge in [-0.2, -0.15) is 5.10 Å². The molecule has 1 aromatic carbocycles. The minimum absolute atomic E-state index is 0.426. The fraction of sp³-hybridized carbons (Fsp3) is 0.357. The third kappa shape index (κ3) is 2.24. The zero-order valence-corrected chi connectivity index (χ0v) is 11.1. The molecule has 4 heteroatoms. The Kier molecular flexibility index (Phi) is 3.67. The lowest BCUT2D eigenvalue weighted by atomic mass is 10.0. The molecule has 2 N–H and O–H groups in total. The molecule has 0 aliphatic heterocycles. The van der Waals surface area contributed by atoms with E-state index in [2.05, 4.69) is 24.2 Å². The van der Waals surface area contributed by atoms with Crippen molar-refractivity contribution in [2.45, 2.75) is 19.9 Å². The SMILES string of the molecule is CCc1ccc(OC)c(-c2cn(C)nc2CN)c1. The Hall–Kier alpha value is -1.81. The highest BCUT2D eigenvalue weighted by molar-refractivity contribution is 5.72. The molecule has 4 nitrogen and oxygen atoms in total. The molecule has 0 aliphatic carbocycles. The molecule has 0 bridgehead atoms. The molecular formula is C14H19N3O. The number of benzene rings is 1. The quantitative estimate of drug-likeness (QED) is 0.897. The smallest absolute Gasteiger partial charge is 0.126 e. The number of hydrogen-bond acceptors (Lipinski definition) is 3. The second-order valence-corrected chi connectivity index (χ2v) is 4.26. The maximum Gasteiger partial charge on any atom is 0.126 e. The minimum atomic E-state index is 0.426. The van der Waals surface area contributed by atoms with Gasteiger partial charge in [0, 0.05) is 30.9 Å². The summed E-state index contributed by atoms with van der Waals surface area (Å²) in [6.07, 6.45) is 2.98. The fourth-order valence-corrected chi connectivity index (χ4v) is 2.10. The van der Waals surface area contributed by atoms with Crippen LogP contribution in [0.4, 0.5) is 0 Å². The first-order valence-electron chi connectivity index (χ1n) is 6.09. The van der Waals surface area contributed by atoms with Gasteiger partial charge in [-0.25, -0.2) is 0 Å². The summed E-state index contributed by atoms with van der Waals surface area (Å²) in [4.78, 5) is 0. The standard InChI is InChI=1S/C14H19N3O/c1-4-10-5-6-14(18-3)11(7-10)12-9-17(2)16-13(12)8-15/h5-7,9H,4,8,15H2,1-3H3. The molecule has 1 aromatic heterocycles.